The Morgan fingerprint density at radius 1 is 0.897 bits per heavy atom. The van der Waals surface area contributed by atoms with Crippen molar-refractivity contribution in [2.45, 2.75) is 6.54 Å². The van der Waals surface area contributed by atoms with Gasteiger partial charge in [-0.15, -0.1) is 0 Å². The number of pyridine rings is 1. The van der Waals surface area contributed by atoms with Gasteiger partial charge in [0, 0.05) is 33.9 Å². The topological polar surface area (TPSA) is 50.6 Å². The molecule has 4 rings (SSSR count). The Bertz CT molecular complexity index is 1210. The zero-order valence-corrected chi connectivity index (χ0v) is 16.7. The lowest BCUT2D eigenvalue weighted by Crippen LogP contribution is -2.31. The Labute approximate surface area is 177 Å². The summed E-state index contributed by atoms with van der Waals surface area (Å²) in [5, 5.41) is 3.81. The van der Waals surface area contributed by atoms with Crippen molar-refractivity contribution < 1.29 is 9.59 Å². The van der Waals surface area contributed by atoms with Crippen LogP contribution in [0.4, 0.5) is 0 Å². The van der Waals surface area contributed by atoms with E-state index in [9.17, 15) is 9.59 Å². The predicted octanol–water partition coefficient (Wildman–Crippen LogP) is 5.41. The van der Waals surface area contributed by atoms with Crippen molar-refractivity contribution in [3.05, 3.63) is 100 Å². The first-order valence-electron chi connectivity index (χ1n) is 8.96. The molecule has 2 heterocycles. The number of carbonyl (C=O) groups excluding carboxylic acids is 2. The number of ketones is 1. The third-order valence-electron chi connectivity index (χ3n) is 4.65. The molecule has 0 saturated carbocycles. The molecule has 0 atom stereocenters. The van der Waals surface area contributed by atoms with E-state index < -0.39 is 11.7 Å². The maximum Gasteiger partial charge on any atom is 0.294 e. The summed E-state index contributed by atoms with van der Waals surface area (Å²) in [4.78, 5) is 25.8. The number of aromatic nitrogens is 1. The number of hydrogen-bond acceptors (Lipinski definition) is 2. The van der Waals surface area contributed by atoms with Gasteiger partial charge in [0.25, 0.3) is 11.7 Å². The molecule has 2 aromatic heterocycles. The zero-order valence-electron chi connectivity index (χ0n) is 15.2. The van der Waals surface area contributed by atoms with Crippen molar-refractivity contribution in [2.24, 2.45) is 0 Å². The molecule has 1 N–H and O–H groups in total. The summed E-state index contributed by atoms with van der Waals surface area (Å²) in [6.07, 6.45) is 1.77. The van der Waals surface area contributed by atoms with Crippen molar-refractivity contribution in [2.75, 3.05) is 0 Å². The van der Waals surface area contributed by atoms with E-state index in [1.54, 1.807) is 34.9 Å². The summed E-state index contributed by atoms with van der Waals surface area (Å²) < 4.78 is 1.72. The molecule has 1 amide bonds. The minimum absolute atomic E-state index is 0.170. The Morgan fingerprint density at radius 2 is 1.62 bits per heavy atom. The van der Waals surface area contributed by atoms with Crippen molar-refractivity contribution in [1.82, 2.24) is 9.72 Å². The number of nitrogens with zero attached hydrogens (tertiary/aromatic N) is 1. The maximum absolute atomic E-state index is 13.1. The van der Waals surface area contributed by atoms with Gasteiger partial charge in [0.15, 0.2) is 0 Å². The molecule has 2 aromatic carbocycles. The van der Waals surface area contributed by atoms with Crippen molar-refractivity contribution in [1.29, 1.82) is 0 Å². The quantitative estimate of drug-likeness (QED) is 0.345. The molecule has 29 heavy (non-hydrogen) atoms. The van der Waals surface area contributed by atoms with Crippen LogP contribution in [-0.4, -0.2) is 16.1 Å². The number of carbonyl (C=O) groups is 2. The van der Waals surface area contributed by atoms with E-state index >= 15 is 0 Å². The first-order chi connectivity index (χ1) is 14.0. The standard InChI is InChI=1S/C23H16Cl2N2O2/c24-17-10-8-15(9-11-17)19-13-18-6-3-4-12-27(18)21(19)22(28)23(29)26-14-16-5-1-2-7-20(16)25/h1-13H,14H2,(H,26,29). The number of nitrogens with one attached hydrogen (secondary N) is 1. The Balaban J connectivity index is 1.69. The number of hydrogen-bond donors (Lipinski definition) is 1. The van der Waals surface area contributed by atoms with Crippen LogP contribution in [0.15, 0.2) is 79.0 Å². The van der Waals surface area contributed by atoms with Gasteiger partial charge in [-0.05, 0) is 47.5 Å². The normalized spacial score (nSPS) is 10.8. The lowest BCUT2D eigenvalue weighted by Gasteiger charge is -2.09. The van der Waals surface area contributed by atoms with Gasteiger partial charge in [-0.25, -0.2) is 0 Å². The fourth-order valence-corrected chi connectivity index (χ4v) is 3.54. The van der Waals surface area contributed by atoms with E-state index in [1.807, 2.05) is 48.5 Å². The molecular weight excluding hydrogens is 407 g/mol. The van der Waals surface area contributed by atoms with Gasteiger partial charge in [-0.1, -0.05) is 59.6 Å². The highest BCUT2D eigenvalue weighted by Crippen LogP contribution is 2.29. The molecule has 0 unspecified atom stereocenters. The summed E-state index contributed by atoms with van der Waals surface area (Å²) in [7, 11) is 0. The molecule has 0 aliphatic carbocycles. The van der Waals surface area contributed by atoms with Gasteiger partial charge < -0.3 is 9.72 Å². The van der Waals surface area contributed by atoms with E-state index in [1.165, 1.54) is 0 Å². The number of amides is 1. The van der Waals surface area contributed by atoms with Gasteiger partial charge in [-0.2, -0.15) is 0 Å². The van der Waals surface area contributed by atoms with E-state index in [0.717, 1.165) is 16.6 Å². The minimum atomic E-state index is -0.691. The number of fused-ring (bicyclic) bond motifs is 1. The van der Waals surface area contributed by atoms with Crippen LogP contribution in [0.25, 0.3) is 16.6 Å². The van der Waals surface area contributed by atoms with Crippen LogP contribution in [-0.2, 0) is 11.3 Å². The predicted molar refractivity (Wildman–Crippen MR) is 115 cm³/mol. The molecule has 0 saturated heterocycles. The Hall–Kier alpha value is -3.08. The van der Waals surface area contributed by atoms with Gasteiger partial charge in [-0.3, -0.25) is 9.59 Å². The van der Waals surface area contributed by atoms with Gasteiger partial charge in [0.2, 0.25) is 0 Å². The average molecular weight is 423 g/mol. The van der Waals surface area contributed by atoms with Crippen LogP contribution in [0, 0.1) is 0 Å². The molecule has 144 valence electrons. The van der Waals surface area contributed by atoms with E-state index in [2.05, 4.69) is 5.32 Å². The average Bonchev–Trinajstić information content (AvgIpc) is 3.12. The van der Waals surface area contributed by atoms with Crippen LogP contribution >= 0.6 is 23.2 Å². The van der Waals surface area contributed by atoms with Crippen molar-refractivity contribution in [3.8, 4) is 11.1 Å². The van der Waals surface area contributed by atoms with Crippen molar-refractivity contribution in [3.63, 3.8) is 0 Å². The highest BCUT2D eigenvalue weighted by Gasteiger charge is 2.24. The summed E-state index contributed by atoms with van der Waals surface area (Å²) in [6, 6.07) is 21.8. The van der Waals surface area contributed by atoms with Crippen molar-refractivity contribution >= 4 is 40.4 Å². The first-order valence-corrected chi connectivity index (χ1v) is 9.72. The third kappa shape index (κ3) is 3.90. The van der Waals surface area contributed by atoms with E-state index in [-0.39, 0.29) is 6.54 Å². The van der Waals surface area contributed by atoms with E-state index in [4.69, 9.17) is 23.2 Å². The molecule has 0 bridgehead atoms. The number of benzene rings is 2. The number of rotatable bonds is 5. The van der Waals surface area contributed by atoms with Gasteiger partial charge in [0.05, 0.1) is 0 Å². The molecule has 6 heteroatoms. The fourth-order valence-electron chi connectivity index (χ4n) is 3.21. The second-order valence-electron chi connectivity index (χ2n) is 6.51. The molecule has 0 spiro atoms. The monoisotopic (exact) mass is 422 g/mol. The summed E-state index contributed by atoms with van der Waals surface area (Å²) >= 11 is 12.1. The first kappa shape index (κ1) is 19.2. The molecule has 0 fully saturated rings. The van der Waals surface area contributed by atoms with Crippen LogP contribution in [0.1, 0.15) is 16.1 Å². The highest BCUT2D eigenvalue weighted by atomic mass is 35.5. The Morgan fingerprint density at radius 3 is 2.38 bits per heavy atom. The van der Waals surface area contributed by atoms with Gasteiger partial charge >= 0.3 is 0 Å². The summed E-state index contributed by atoms with van der Waals surface area (Å²) in [5.41, 5.74) is 3.35. The fraction of sp³-hybridized carbons (Fsp3) is 0.0435. The Kier molecular flexibility index (Phi) is 5.38. The molecule has 4 nitrogen and oxygen atoms in total. The smallest absolute Gasteiger partial charge is 0.294 e. The summed E-state index contributed by atoms with van der Waals surface area (Å²) in [5.74, 6) is -1.31. The molecular formula is C23H16Cl2N2O2. The molecule has 0 aliphatic rings. The van der Waals surface area contributed by atoms with Crippen LogP contribution in [0.3, 0.4) is 0 Å². The molecule has 4 aromatic rings. The second-order valence-corrected chi connectivity index (χ2v) is 7.36. The van der Waals surface area contributed by atoms with E-state index in [0.29, 0.717) is 21.3 Å². The van der Waals surface area contributed by atoms with Crippen LogP contribution in [0.2, 0.25) is 10.0 Å². The third-order valence-corrected chi connectivity index (χ3v) is 5.27. The highest BCUT2D eigenvalue weighted by molar-refractivity contribution is 6.43. The second kappa shape index (κ2) is 8.11. The summed E-state index contributed by atoms with van der Waals surface area (Å²) in [6.45, 7) is 0.170. The minimum Gasteiger partial charge on any atom is -0.345 e. The lowest BCUT2D eigenvalue weighted by molar-refractivity contribution is -0.117. The number of halogens is 2. The SMILES string of the molecule is O=C(NCc1ccccc1Cl)C(=O)c1c(-c2ccc(Cl)cc2)cc2ccccn12. The number of Topliss-reactive ketones (excluding diaryl/α,β-unsaturated/α-hetero) is 1. The van der Waals surface area contributed by atoms with Crippen LogP contribution in [0.5, 0.6) is 0 Å². The van der Waals surface area contributed by atoms with Crippen LogP contribution < -0.4 is 5.32 Å². The lowest BCUT2D eigenvalue weighted by atomic mass is 10.0. The zero-order chi connectivity index (χ0) is 20.4. The molecule has 0 radical (unpaired) electrons. The molecule has 0 aliphatic heterocycles. The van der Waals surface area contributed by atoms with Gasteiger partial charge in [0.1, 0.15) is 5.69 Å². The maximum atomic E-state index is 13.1. The largest absolute Gasteiger partial charge is 0.345 e.